The van der Waals surface area contributed by atoms with Gasteiger partial charge in [0.15, 0.2) is 5.16 Å². The molecule has 2 heterocycles. The van der Waals surface area contributed by atoms with Gasteiger partial charge in [-0.15, -0.1) is 10.2 Å². The summed E-state index contributed by atoms with van der Waals surface area (Å²) < 4.78 is 7.66. The Morgan fingerprint density at radius 3 is 2.88 bits per heavy atom. The fraction of sp³-hybridized carbons (Fsp3) is 0.250. The van der Waals surface area contributed by atoms with Crippen LogP contribution in [0.1, 0.15) is 30.3 Å². The normalized spacial score (nSPS) is 14.3. The Labute approximate surface area is 154 Å². The van der Waals surface area contributed by atoms with Crippen LogP contribution in [-0.2, 0) is 5.75 Å². The lowest BCUT2D eigenvalue weighted by molar-refractivity contribution is 0.560. The van der Waals surface area contributed by atoms with Crippen molar-refractivity contribution < 1.29 is 4.42 Å². The molecule has 5 rings (SSSR count). The number of thioether (sulfide) groups is 1. The number of benzene rings is 2. The zero-order valence-corrected chi connectivity index (χ0v) is 15.1. The minimum absolute atomic E-state index is 0.316. The van der Waals surface area contributed by atoms with Gasteiger partial charge in [-0.25, -0.2) is 4.79 Å². The topological polar surface area (TPSA) is 60.9 Å². The van der Waals surface area contributed by atoms with Crippen molar-refractivity contribution in [3.63, 3.8) is 0 Å². The van der Waals surface area contributed by atoms with Crippen LogP contribution in [-0.4, -0.2) is 14.8 Å². The van der Waals surface area contributed by atoms with Crippen LogP contribution in [0.15, 0.2) is 56.8 Å². The van der Waals surface area contributed by atoms with Gasteiger partial charge in [-0.2, -0.15) is 0 Å². The average Bonchev–Trinajstić information content (AvgIpc) is 3.41. The summed E-state index contributed by atoms with van der Waals surface area (Å²) in [6.07, 6.45) is 2.38. The molecule has 130 valence electrons. The van der Waals surface area contributed by atoms with Crippen LogP contribution in [0.4, 0.5) is 0 Å². The van der Waals surface area contributed by atoms with Gasteiger partial charge in [0.2, 0.25) is 0 Å². The summed E-state index contributed by atoms with van der Waals surface area (Å²) in [7, 11) is 0. The van der Waals surface area contributed by atoms with Gasteiger partial charge in [-0.05, 0) is 42.2 Å². The predicted molar refractivity (Wildman–Crippen MR) is 103 cm³/mol. The number of hydrogen-bond donors (Lipinski definition) is 0. The minimum Gasteiger partial charge on any atom is -0.423 e. The van der Waals surface area contributed by atoms with Crippen molar-refractivity contribution in [2.75, 3.05) is 0 Å². The quantitative estimate of drug-likeness (QED) is 0.304. The van der Waals surface area contributed by atoms with Crippen LogP contribution in [0, 0.1) is 6.92 Å². The largest absolute Gasteiger partial charge is 0.423 e. The lowest BCUT2D eigenvalue weighted by atomic mass is 10.0. The van der Waals surface area contributed by atoms with Gasteiger partial charge in [0.05, 0.1) is 0 Å². The first-order valence-corrected chi connectivity index (χ1v) is 9.68. The lowest BCUT2D eigenvalue weighted by Crippen LogP contribution is -2.02. The Kier molecular flexibility index (Phi) is 3.60. The molecule has 0 bridgehead atoms. The molecule has 1 fully saturated rings. The molecule has 2 aromatic carbocycles. The molecule has 4 aromatic rings. The van der Waals surface area contributed by atoms with Gasteiger partial charge in [0, 0.05) is 23.2 Å². The highest BCUT2D eigenvalue weighted by Crippen LogP contribution is 2.39. The predicted octanol–water partition coefficient (Wildman–Crippen LogP) is 4.47. The van der Waals surface area contributed by atoms with Gasteiger partial charge >= 0.3 is 5.63 Å². The first-order valence-electron chi connectivity index (χ1n) is 8.69. The highest BCUT2D eigenvalue weighted by Gasteiger charge is 2.28. The van der Waals surface area contributed by atoms with Crippen molar-refractivity contribution >= 4 is 33.5 Å². The fourth-order valence-corrected chi connectivity index (χ4v) is 4.51. The SMILES string of the molecule is Cc1nnc(SCc2cc(=O)oc3ccc4ccccc4c23)n1C1CC1. The third-order valence-corrected chi connectivity index (χ3v) is 5.81. The van der Waals surface area contributed by atoms with Crippen molar-refractivity contribution in [3.05, 3.63) is 64.3 Å². The summed E-state index contributed by atoms with van der Waals surface area (Å²) in [5.41, 5.74) is 1.29. The Morgan fingerprint density at radius 1 is 1.19 bits per heavy atom. The zero-order chi connectivity index (χ0) is 17.7. The first-order chi connectivity index (χ1) is 12.7. The third kappa shape index (κ3) is 2.61. The smallest absolute Gasteiger partial charge is 0.336 e. The highest BCUT2D eigenvalue weighted by atomic mass is 32.2. The van der Waals surface area contributed by atoms with Crippen LogP contribution >= 0.6 is 11.8 Å². The van der Waals surface area contributed by atoms with E-state index in [1.165, 1.54) is 12.8 Å². The maximum absolute atomic E-state index is 12.0. The molecule has 5 nitrogen and oxygen atoms in total. The second-order valence-corrected chi connectivity index (χ2v) is 7.61. The summed E-state index contributed by atoms with van der Waals surface area (Å²) in [5, 5.41) is 12.7. The van der Waals surface area contributed by atoms with Gasteiger partial charge in [0.1, 0.15) is 11.4 Å². The molecule has 0 amide bonds. The molecule has 1 aliphatic rings. The van der Waals surface area contributed by atoms with E-state index < -0.39 is 0 Å². The van der Waals surface area contributed by atoms with Crippen molar-refractivity contribution in [2.24, 2.45) is 0 Å². The third-order valence-electron chi connectivity index (χ3n) is 4.82. The van der Waals surface area contributed by atoms with E-state index in [0.717, 1.165) is 32.7 Å². The number of fused-ring (bicyclic) bond motifs is 3. The summed E-state index contributed by atoms with van der Waals surface area (Å²) in [4.78, 5) is 12.0. The average molecular weight is 363 g/mol. The molecule has 26 heavy (non-hydrogen) atoms. The van der Waals surface area contributed by atoms with Gasteiger partial charge < -0.3 is 8.98 Å². The van der Waals surface area contributed by atoms with Gasteiger partial charge in [-0.3, -0.25) is 0 Å². The van der Waals surface area contributed by atoms with Crippen LogP contribution in [0.2, 0.25) is 0 Å². The number of aryl methyl sites for hydroxylation is 1. The van der Waals surface area contributed by atoms with Crippen molar-refractivity contribution in [1.82, 2.24) is 14.8 Å². The summed E-state index contributed by atoms with van der Waals surface area (Å²) in [5.74, 6) is 1.61. The van der Waals surface area contributed by atoms with E-state index in [1.54, 1.807) is 17.8 Å². The molecular weight excluding hydrogens is 346 g/mol. The number of rotatable bonds is 4. The monoisotopic (exact) mass is 363 g/mol. The molecule has 0 aliphatic heterocycles. The maximum Gasteiger partial charge on any atom is 0.336 e. The van der Waals surface area contributed by atoms with Gasteiger partial charge in [0.25, 0.3) is 0 Å². The molecule has 0 unspecified atom stereocenters. The van der Waals surface area contributed by atoms with E-state index in [-0.39, 0.29) is 5.63 Å². The van der Waals surface area contributed by atoms with E-state index in [9.17, 15) is 4.79 Å². The maximum atomic E-state index is 12.0. The molecule has 1 aliphatic carbocycles. The molecule has 0 N–H and O–H groups in total. The lowest BCUT2D eigenvalue weighted by Gasteiger charge is -2.09. The van der Waals surface area contributed by atoms with Crippen LogP contribution in [0.3, 0.4) is 0 Å². The Bertz CT molecular complexity index is 1190. The Hall–Kier alpha value is -2.60. The highest BCUT2D eigenvalue weighted by molar-refractivity contribution is 7.98. The van der Waals surface area contributed by atoms with Crippen LogP contribution < -0.4 is 5.63 Å². The summed E-state index contributed by atoms with van der Waals surface area (Å²) in [6.45, 7) is 2.00. The second-order valence-electron chi connectivity index (χ2n) is 6.67. The first kappa shape index (κ1) is 15.6. The zero-order valence-electron chi connectivity index (χ0n) is 14.3. The van der Waals surface area contributed by atoms with Crippen LogP contribution in [0.5, 0.6) is 0 Å². The molecule has 0 atom stereocenters. The van der Waals surface area contributed by atoms with E-state index in [2.05, 4.69) is 26.9 Å². The van der Waals surface area contributed by atoms with Crippen molar-refractivity contribution in [1.29, 1.82) is 0 Å². The van der Waals surface area contributed by atoms with E-state index in [4.69, 9.17) is 4.42 Å². The Morgan fingerprint density at radius 2 is 2.04 bits per heavy atom. The number of hydrogen-bond acceptors (Lipinski definition) is 5. The minimum atomic E-state index is -0.316. The molecule has 1 saturated carbocycles. The summed E-state index contributed by atoms with van der Waals surface area (Å²) >= 11 is 1.63. The number of aromatic nitrogens is 3. The standard InChI is InChI=1S/C20H17N3O2S/c1-12-21-22-20(23(12)15-7-8-15)26-11-14-10-18(24)25-17-9-6-13-4-2-3-5-16(13)19(14)17/h2-6,9-10,15H,7-8,11H2,1H3. The van der Waals surface area contributed by atoms with Gasteiger partial charge in [-0.1, -0.05) is 42.1 Å². The van der Waals surface area contributed by atoms with Crippen LogP contribution in [0.25, 0.3) is 21.7 Å². The molecule has 2 aromatic heterocycles. The van der Waals surface area contributed by atoms with E-state index in [1.807, 2.05) is 31.2 Å². The van der Waals surface area contributed by atoms with E-state index in [0.29, 0.717) is 17.4 Å². The fourth-order valence-electron chi connectivity index (χ4n) is 3.48. The molecular formula is C20H17N3O2S. The molecule has 6 heteroatoms. The van der Waals surface area contributed by atoms with Crippen molar-refractivity contribution in [2.45, 2.75) is 36.7 Å². The van der Waals surface area contributed by atoms with Crippen molar-refractivity contribution in [3.8, 4) is 0 Å². The Balaban J connectivity index is 1.60. The molecule has 0 saturated heterocycles. The second kappa shape index (κ2) is 5.99. The van der Waals surface area contributed by atoms with E-state index >= 15 is 0 Å². The molecule has 0 spiro atoms. The summed E-state index contributed by atoms with van der Waals surface area (Å²) in [6, 6.07) is 14.2. The number of nitrogens with zero attached hydrogens (tertiary/aromatic N) is 3. The molecule has 0 radical (unpaired) electrons.